The van der Waals surface area contributed by atoms with E-state index in [0.717, 1.165) is 0 Å². The largest absolute Gasteiger partial charge is 0.490 e. The average molecular weight is 310 g/mol. The minimum absolute atomic E-state index is 0.0137. The summed E-state index contributed by atoms with van der Waals surface area (Å²) in [5.41, 5.74) is 0. The highest BCUT2D eigenvalue weighted by atomic mass is 35.5. The monoisotopic (exact) mass is 309 g/mol. The van der Waals surface area contributed by atoms with Crippen molar-refractivity contribution in [1.29, 1.82) is 0 Å². The van der Waals surface area contributed by atoms with Gasteiger partial charge in [-0.1, -0.05) is 24.6 Å². The number of benzene rings is 1. The lowest BCUT2D eigenvalue weighted by Crippen LogP contribution is -2.18. The van der Waals surface area contributed by atoms with Crippen molar-refractivity contribution in [3.05, 3.63) is 29.0 Å². The van der Waals surface area contributed by atoms with Crippen molar-refractivity contribution in [3.8, 4) is 5.75 Å². The third-order valence-corrected chi connectivity index (χ3v) is 3.78. The van der Waals surface area contributed by atoms with E-state index in [1.807, 2.05) is 6.92 Å². The van der Waals surface area contributed by atoms with Gasteiger partial charge in [-0.15, -0.1) is 0 Å². The number of hydrogen-bond acceptors (Lipinski definition) is 3. The summed E-state index contributed by atoms with van der Waals surface area (Å²) < 4.78 is 40.3. The van der Waals surface area contributed by atoms with Gasteiger partial charge >= 0.3 is 0 Å². The van der Waals surface area contributed by atoms with Crippen molar-refractivity contribution in [2.75, 3.05) is 12.4 Å². The van der Waals surface area contributed by atoms with E-state index in [0.29, 0.717) is 19.4 Å². The van der Waals surface area contributed by atoms with Gasteiger partial charge in [0.05, 0.1) is 17.4 Å². The lowest BCUT2D eigenvalue weighted by Gasteiger charge is -2.12. The van der Waals surface area contributed by atoms with Crippen LogP contribution < -0.4 is 9.88 Å². The normalized spacial score (nSPS) is 13.3. The fourth-order valence-corrected chi connectivity index (χ4v) is 2.37. The topological polar surface area (TPSA) is 69.4 Å². The smallest absolute Gasteiger partial charge is 0.209 e. The second-order valence-corrected chi connectivity index (χ2v) is 6.59. The van der Waals surface area contributed by atoms with Gasteiger partial charge in [0.15, 0.2) is 11.6 Å². The molecular weight excluding hydrogens is 293 g/mol. The summed E-state index contributed by atoms with van der Waals surface area (Å²) in [6.07, 6.45) is 1.07. The van der Waals surface area contributed by atoms with Crippen LogP contribution in [0, 0.1) is 11.7 Å². The molecule has 4 nitrogen and oxygen atoms in total. The molecule has 0 aromatic heterocycles. The molecule has 1 rings (SSSR count). The van der Waals surface area contributed by atoms with Crippen LogP contribution in [0.3, 0.4) is 0 Å². The molecule has 0 heterocycles. The van der Waals surface area contributed by atoms with Gasteiger partial charge in [0.1, 0.15) is 0 Å². The van der Waals surface area contributed by atoms with Crippen LogP contribution in [-0.2, 0) is 10.0 Å². The van der Waals surface area contributed by atoms with Gasteiger partial charge in [0.25, 0.3) is 0 Å². The summed E-state index contributed by atoms with van der Waals surface area (Å²) in [6.45, 7) is 2.19. The van der Waals surface area contributed by atoms with Crippen LogP contribution in [0.4, 0.5) is 4.39 Å². The molecule has 1 aromatic carbocycles. The molecule has 0 aliphatic carbocycles. The lowest BCUT2D eigenvalue weighted by molar-refractivity contribution is 0.270. The van der Waals surface area contributed by atoms with Crippen molar-refractivity contribution < 1.29 is 17.5 Å². The molecule has 2 N–H and O–H groups in total. The number of halogens is 2. The Hall–Kier alpha value is -0.850. The van der Waals surface area contributed by atoms with Crippen LogP contribution in [0.5, 0.6) is 5.75 Å². The first kappa shape index (κ1) is 16.2. The number of hydrogen-bond donors (Lipinski definition) is 1. The number of nitrogens with two attached hydrogens (primary N) is 1. The molecule has 19 heavy (non-hydrogen) atoms. The third-order valence-electron chi connectivity index (χ3n) is 2.68. The molecule has 1 atom stereocenters. The second-order valence-electron chi connectivity index (χ2n) is 4.45. The predicted octanol–water partition coefficient (Wildman–Crippen LogP) is 2.56. The van der Waals surface area contributed by atoms with Gasteiger partial charge in [-0.05, 0) is 30.9 Å². The molecule has 0 amide bonds. The Kier molecular flexibility index (Phi) is 6.03. The van der Waals surface area contributed by atoms with E-state index in [-0.39, 0.29) is 22.4 Å². The molecule has 0 spiro atoms. The highest BCUT2D eigenvalue weighted by Gasteiger charge is 2.10. The molecule has 0 saturated carbocycles. The van der Waals surface area contributed by atoms with Crippen LogP contribution in [0.25, 0.3) is 0 Å². The highest BCUT2D eigenvalue weighted by Crippen LogP contribution is 2.24. The molecular formula is C12H17ClFNO3S. The average Bonchev–Trinajstić information content (AvgIpc) is 2.31. The number of primary sulfonamides is 1. The Morgan fingerprint density at radius 2 is 2.11 bits per heavy atom. The van der Waals surface area contributed by atoms with E-state index < -0.39 is 15.8 Å². The first-order valence-corrected chi connectivity index (χ1v) is 7.96. The molecule has 0 fully saturated rings. The van der Waals surface area contributed by atoms with Gasteiger partial charge in [-0.2, -0.15) is 0 Å². The van der Waals surface area contributed by atoms with Crippen LogP contribution in [-0.4, -0.2) is 20.8 Å². The molecule has 0 aliphatic heterocycles. The van der Waals surface area contributed by atoms with Crippen LogP contribution in [0.2, 0.25) is 5.02 Å². The zero-order valence-corrected chi connectivity index (χ0v) is 12.2. The van der Waals surface area contributed by atoms with Crippen molar-refractivity contribution in [1.82, 2.24) is 0 Å². The minimum atomic E-state index is -3.43. The molecule has 108 valence electrons. The maximum atomic E-state index is 13.5. The van der Waals surface area contributed by atoms with E-state index in [1.54, 1.807) is 6.07 Å². The van der Waals surface area contributed by atoms with Gasteiger partial charge in [-0.25, -0.2) is 17.9 Å². The Bertz CT molecular complexity index is 522. The quantitative estimate of drug-likeness (QED) is 0.841. The predicted molar refractivity (Wildman–Crippen MR) is 73.3 cm³/mol. The highest BCUT2D eigenvalue weighted by molar-refractivity contribution is 7.89. The van der Waals surface area contributed by atoms with Crippen LogP contribution >= 0.6 is 11.6 Å². The summed E-state index contributed by atoms with van der Waals surface area (Å²) in [6, 6.07) is 4.54. The van der Waals surface area contributed by atoms with Gasteiger partial charge in [0, 0.05) is 0 Å². The van der Waals surface area contributed by atoms with Crippen molar-refractivity contribution >= 4 is 21.6 Å². The van der Waals surface area contributed by atoms with E-state index >= 15 is 0 Å². The Labute approximate surface area is 117 Å². The molecule has 1 aromatic rings. The van der Waals surface area contributed by atoms with Crippen LogP contribution in [0.1, 0.15) is 19.8 Å². The van der Waals surface area contributed by atoms with E-state index in [9.17, 15) is 12.8 Å². The SMILES string of the molecule is CC(CCOc1cccc(Cl)c1F)CCS(N)(=O)=O. The zero-order valence-electron chi connectivity index (χ0n) is 10.6. The maximum absolute atomic E-state index is 13.5. The summed E-state index contributed by atoms with van der Waals surface area (Å²) in [5.74, 6) is -0.409. The molecule has 0 radical (unpaired) electrons. The maximum Gasteiger partial charge on any atom is 0.209 e. The summed E-state index contributed by atoms with van der Waals surface area (Å²) in [5, 5.41) is 4.93. The Balaban J connectivity index is 2.36. The van der Waals surface area contributed by atoms with E-state index in [2.05, 4.69) is 0 Å². The summed E-state index contributed by atoms with van der Waals surface area (Å²) >= 11 is 5.62. The Morgan fingerprint density at radius 3 is 2.74 bits per heavy atom. The van der Waals surface area contributed by atoms with Crippen molar-refractivity contribution in [2.45, 2.75) is 19.8 Å². The molecule has 0 bridgehead atoms. The van der Waals surface area contributed by atoms with Gasteiger partial charge < -0.3 is 4.74 Å². The van der Waals surface area contributed by atoms with Gasteiger partial charge in [0.2, 0.25) is 10.0 Å². The van der Waals surface area contributed by atoms with Crippen LogP contribution in [0.15, 0.2) is 18.2 Å². The fourth-order valence-electron chi connectivity index (χ4n) is 1.48. The Morgan fingerprint density at radius 1 is 1.42 bits per heavy atom. The van der Waals surface area contributed by atoms with E-state index in [1.165, 1.54) is 12.1 Å². The zero-order chi connectivity index (χ0) is 14.5. The summed E-state index contributed by atoms with van der Waals surface area (Å²) in [7, 11) is -3.43. The second kappa shape index (κ2) is 7.07. The van der Waals surface area contributed by atoms with Gasteiger partial charge in [-0.3, -0.25) is 0 Å². The molecule has 0 aliphatic rings. The molecule has 7 heteroatoms. The van der Waals surface area contributed by atoms with Crippen molar-refractivity contribution in [3.63, 3.8) is 0 Å². The lowest BCUT2D eigenvalue weighted by atomic mass is 10.1. The summed E-state index contributed by atoms with van der Waals surface area (Å²) in [4.78, 5) is 0. The first-order chi connectivity index (χ1) is 8.79. The standard InChI is InChI=1S/C12H17ClFNO3S/c1-9(6-8-19(15,16)17)5-7-18-11-4-2-3-10(13)12(11)14/h2-4,9H,5-8H2,1H3,(H2,15,16,17). The molecule has 0 saturated heterocycles. The molecule has 1 unspecified atom stereocenters. The first-order valence-electron chi connectivity index (χ1n) is 5.87. The fraction of sp³-hybridized carbons (Fsp3) is 0.500. The number of sulfonamides is 1. The van der Waals surface area contributed by atoms with Crippen molar-refractivity contribution in [2.24, 2.45) is 11.1 Å². The minimum Gasteiger partial charge on any atom is -0.490 e. The van der Waals surface area contributed by atoms with E-state index in [4.69, 9.17) is 21.5 Å². The number of ether oxygens (including phenoxy) is 1. The third kappa shape index (κ3) is 6.22. The number of rotatable bonds is 7.